The number of carbonyl (C=O) groups is 1. The van der Waals surface area contributed by atoms with E-state index in [1.54, 1.807) is 11.6 Å². The number of nitrogens with one attached hydrogen (secondary N) is 1. The summed E-state index contributed by atoms with van der Waals surface area (Å²) in [4.78, 5) is 19.9. The molecule has 7 nitrogen and oxygen atoms in total. The fraction of sp³-hybridized carbons (Fsp3) is 0.538. The lowest BCUT2D eigenvalue weighted by Gasteiger charge is -2.14. The van der Waals surface area contributed by atoms with Gasteiger partial charge in [-0.15, -0.1) is 0 Å². The molecule has 0 bridgehead atoms. The quantitative estimate of drug-likeness (QED) is 0.832. The molecule has 0 spiro atoms. The van der Waals surface area contributed by atoms with Crippen LogP contribution in [0.4, 0.5) is 5.82 Å². The molecule has 2 aromatic rings. The van der Waals surface area contributed by atoms with Gasteiger partial charge in [0.05, 0.1) is 24.1 Å². The molecule has 0 fully saturated rings. The second-order valence-corrected chi connectivity index (χ2v) is 4.68. The van der Waals surface area contributed by atoms with Crippen molar-refractivity contribution in [1.29, 1.82) is 0 Å². The van der Waals surface area contributed by atoms with Gasteiger partial charge in [-0.25, -0.2) is 9.97 Å². The Hall–Kier alpha value is -2.18. The Bertz CT molecular complexity index is 622. The molecular formula is C13H19N5O2. The monoisotopic (exact) mass is 277 g/mol. The van der Waals surface area contributed by atoms with Crippen molar-refractivity contribution >= 4 is 22.8 Å². The van der Waals surface area contributed by atoms with Crippen LogP contribution in [0.1, 0.15) is 26.0 Å². The fourth-order valence-corrected chi connectivity index (χ4v) is 2.14. The van der Waals surface area contributed by atoms with Crippen molar-refractivity contribution in [1.82, 2.24) is 19.7 Å². The van der Waals surface area contributed by atoms with Crippen LogP contribution >= 0.6 is 0 Å². The van der Waals surface area contributed by atoms with Crippen LogP contribution in [-0.4, -0.2) is 38.4 Å². The molecule has 0 aliphatic carbocycles. The highest BCUT2D eigenvalue weighted by atomic mass is 16.5. The Kier molecular flexibility index (Phi) is 4.16. The standard InChI is InChI=1S/C13H19N5O2/c1-5-20-10(19)6-8(2)16-12-11-9(3)17-18(4)13(11)15-7-14-12/h7-8H,5-6H2,1-4H3,(H,14,15,16)/t8-/m1/s1. The molecule has 0 saturated heterocycles. The van der Waals surface area contributed by atoms with E-state index in [1.807, 2.05) is 20.9 Å². The third-order valence-electron chi connectivity index (χ3n) is 2.96. The average Bonchev–Trinajstić information content (AvgIpc) is 2.66. The van der Waals surface area contributed by atoms with Crippen LogP contribution in [0.5, 0.6) is 0 Å². The lowest BCUT2D eigenvalue weighted by molar-refractivity contribution is -0.143. The van der Waals surface area contributed by atoms with Crippen LogP contribution in [0, 0.1) is 6.92 Å². The molecule has 0 saturated carbocycles. The Balaban J connectivity index is 2.19. The number of carbonyl (C=O) groups excluding carboxylic acids is 1. The van der Waals surface area contributed by atoms with E-state index < -0.39 is 0 Å². The van der Waals surface area contributed by atoms with Crippen molar-refractivity contribution in [3.63, 3.8) is 0 Å². The van der Waals surface area contributed by atoms with Crippen molar-refractivity contribution in [3.8, 4) is 0 Å². The van der Waals surface area contributed by atoms with Gasteiger partial charge in [-0.3, -0.25) is 9.48 Å². The summed E-state index contributed by atoms with van der Waals surface area (Å²) in [5.74, 6) is 0.470. The number of anilines is 1. The average molecular weight is 277 g/mol. The summed E-state index contributed by atoms with van der Waals surface area (Å²) >= 11 is 0. The molecule has 0 aliphatic heterocycles. The first-order valence-electron chi connectivity index (χ1n) is 6.59. The Morgan fingerprint density at radius 1 is 1.50 bits per heavy atom. The smallest absolute Gasteiger partial charge is 0.307 e. The van der Waals surface area contributed by atoms with Gasteiger partial charge in [0.25, 0.3) is 0 Å². The van der Waals surface area contributed by atoms with Gasteiger partial charge in [0.15, 0.2) is 5.65 Å². The maximum atomic E-state index is 11.5. The first kappa shape index (κ1) is 14.2. The molecule has 0 amide bonds. The zero-order valence-electron chi connectivity index (χ0n) is 12.2. The summed E-state index contributed by atoms with van der Waals surface area (Å²) in [7, 11) is 1.84. The number of esters is 1. The molecule has 1 atom stereocenters. The predicted octanol–water partition coefficient (Wildman–Crippen LogP) is 1.43. The van der Waals surface area contributed by atoms with E-state index in [1.165, 1.54) is 6.33 Å². The molecule has 7 heteroatoms. The summed E-state index contributed by atoms with van der Waals surface area (Å²) in [6, 6.07) is -0.0771. The Morgan fingerprint density at radius 3 is 2.95 bits per heavy atom. The predicted molar refractivity (Wildman–Crippen MR) is 75.4 cm³/mol. The molecule has 20 heavy (non-hydrogen) atoms. The van der Waals surface area contributed by atoms with Crippen molar-refractivity contribution in [2.75, 3.05) is 11.9 Å². The van der Waals surface area contributed by atoms with Crippen LogP contribution in [0.25, 0.3) is 11.0 Å². The number of fused-ring (bicyclic) bond motifs is 1. The molecule has 108 valence electrons. The van der Waals surface area contributed by atoms with E-state index in [0.29, 0.717) is 18.8 Å². The van der Waals surface area contributed by atoms with Crippen molar-refractivity contribution < 1.29 is 9.53 Å². The van der Waals surface area contributed by atoms with Crippen molar-refractivity contribution in [2.45, 2.75) is 33.2 Å². The normalized spacial score (nSPS) is 12.4. The highest BCUT2D eigenvalue weighted by molar-refractivity contribution is 5.89. The number of rotatable bonds is 5. The maximum absolute atomic E-state index is 11.5. The number of hydrogen-bond acceptors (Lipinski definition) is 6. The van der Waals surface area contributed by atoms with Crippen LogP contribution in [0.3, 0.4) is 0 Å². The number of nitrogens with zero attached hydrogens (tertiary/aromatic N) is 4. The summed E-state index contributed by atoms with van der Waals surface area (Å²) < 4.78 is 6.65. The van der Waals surface area contributed by atoms with Gasteiger partial charge in [-0.2, -0.15) is 5.10 Å². The van der Waals surface area contributed by atoms with Crippen LogP contribution < -0.4 is 5.32 Å². The number of aryl methyl sites for hydroxylation is 2. The minimum atomic E-state index is -0.222. The first-order valence-corrected chi connectivity index (χ1v) is 6.59. The van der Waals surface area contributed by atoms with Gasteiger partial charge in [0, 0.05) is 13.1 Å². The molecule has 0 aliphatic rings. The summed E-state index contributed by atoms with van der Waals surface area (Å²) in [6.07, 6.45) is 1.78. The SMILES string of the molecule is CCOC(=O)C[C@@H](C)Nc1ncnc2c1c(C)nn2C. The topological polar surface area (TPSA) is 81.9 Å². The van der Waals surface area contributed by atoms with Gasteiger partial charge in [0.2, 0.25) is 0 Å². The van der Waals surface area contributed by atoms with Crippen LogP contribution in [0.15, 0.2) is 6.33 Å². The molecule has 1 N–H and O–H groups in total. The van der Waals surface area contributed by atoms with E-state index in [-0.39, 0.29) is 12.0 Å². The summed E-state index contributed by atoms with van der Waals surface area (Å²) in [5.41, 5.74) is 1.62. The summed E-state index contributed by atoms with van der Waals surface area (Å²) in [6.45, 7) is 6.01. The third kappa shape index (κ3) is 2.87. The molecule has 2 aromatic heterocycles. The van der Waals surface area contributed by atoms with E-state index in [4.69, 9.17) is 4.74 Å². The van der Waals surface area contributed by atoms with E-state index in [0.717, 1.165) is 16.7 Å². The van der Waals surface area contributed by atoms with Crippen LogP contribution in [-0.2, 0) is 16.6 Å². The van der Waals surface area contributed by atoms with Gasteiger partial charge < -0.3 is 10.1 Å². The van der Waals surface area contributed by atoms with Crippen molar-refractivity contribution in [2.24, 2.45) is 7.05 Å². The largest absolute Gasteiger partial charge is 0.466 e. The number of aromatic nitrogens is 4. The lowest BCUT2D eigenvalue weighted by atomic mass is 10.2. The highest BCUT2D eigenvalue weighted by Crippen LogP contribution is 2.22. The zero-order valence-corrected chi connectivity index (χ0v) is 12.2. The Morgan fingerprint density at radius 2 is 2.25 bits per heavy atom. The molecule has 0 aromatic carbocycles. The van der Waals surface area contributed by atoms with Crippen LogP contribution in [0.2, 0.25) is 0 Å². The van der Waals surface area contributed by atoms with Gasteiger partial charge in [-0.1, -0.05) is 0 Å². The Labute approximate surface area is 117 Å². The number of hydrogen-bond donors (Lipinski definition) is 1. The zero-order chi connectivity index (χ0) is 14.7. The van der Waals surface area contributed by atoms with Gasteiger partial charge >= 0.3 is 5.97 Å². The molecule has 0 unspecified atom stereocenters. The lowest BCUT2D eigenvalue weighted by Crippen LogP contribution is -2.21. The second kappa shape index (κ2) is 5.85. The second-order valence-electron chi connectivity index (χ2n) is 4.68. The first-order chi connectivity index (χ1) is 9.52. The summed E-state index contributed by atoms with van der Waals surface area (Å²) in [5, 5.41) is 8.43. The maximum Gasteiger partial charge on any atom is 0.307 e. The van der Waals surface area contributed by atoms with E-state index in [2.05, 4.69) is 20.4 Å². The minimum Gasteiger partial charge on any atom is -0.466 e. The molecule has 0 radical (unpaired) electrons. The molecular weight excluding hydrogens is 258 g/mol. The van der Waals surface area contributed by atoms with E-state index >= 15 is 0 Å². The molecule has 2 heterocycles. The molecule has 2 rings (SSSR count). The highest BCUT2D eigenvalue weighted by Gasteiger charge is 2.15. The van der Waals surface area contributed by atoms with Gasteiger partial charge in [-0.05, 0) is 20.8 Å². The van der Waals surface area contributed by atoms with Crippen molar-refractivity contribution in [3.05, 3.63) is 12.0 Å². The van der Waals surface area contributed by atoms with Gasteiger partial charge in [0.1, 0.15) is 12.1 Å². The minimum absolute atomic E-state index is 0.0771. The van der Waals surface area contributed by atoms with E-state index in [9.17, 15) is 4.79 Å². The number of ether oxygens (including phenoxy) is 1. The third-order valence-corrected chi connectivity index (χ3v) is 2.96. The fourth-order valence-electron chi connectivity index (χ4n) is 2.14.